The number of benzene rings is 2. The number of nitriles is 1. The van der Waals surface area contributed by atoms with Crippen molar-refractivity contribution in [2.45, 2.75) is 31.9 Å². The minimum Gasteiger partial charge on any atom is -0.487 e. The molecule has 0 fully saturated rings. The molecule has 1 aliphatic heterocycles. The van der Waals surface area contributed by atoms with Crippen molar-refractivity contribution in [3.05, 3.63) is 59.7 Å². The summed E-state index contributed by atoms with van der Waals surface area (Å²) in [6, 6.07) is 18.1. The third-order valence-corrected chi connectivity index (χ3v) is 3.73. The van der Waals surface area contributed by atoms with E-state index in [1.807, 2.05) is 42.5 Å². The molecule has 106 valence electrons. The lowest BCUT2D eigenvalue weighted by Crippen LogP contribution is -2.37. The van der Waals surface area contributed by atoms with E-state index in [1.54, 1.807) is 0 Å². The maximum absolute atomic E-state index is 8.86. The zero-order chi connectivity index (χ0) is 14.9. The van der Waals surface area contributed by atoms with E-state index in [2.05, 4.69) is 31.3 Å². The van der Waals surface area contributed by atoms with Crippen LogP contribution in [-0.2, 0) is 0 Å². The Morgan fingerprint density at radius 2 is 1.86 bits per heavy atom. The van der Waals surface area contributed by atoms with Crippen molar-refractivity contribution in [3.63, 3.8) is 0 Å². The highest BCUT2D eigenvalue weighted by Crippen LogP contribution is 2.40. The van der Waals surface area contributed by atoms with Gasteiger partial charge in [0.05, 0.1) is 17.7 Å². The van der Waals surface area contributed by atoms with Crippen LogP contribution in [0.2, 0.25) is 0 Å². The van der Waals surface area contributed by atoms with Gasteiger partial charge in [0.1, 0.15) is 11.4 Å². The number of ether oxygens (including phenoxy) is 1. The van der Waals surface area contributed by atoms with E-state index < -0.39 is 0 Å². The maximum Gasteiger partial charge on any atom is 0.125 e. The molecule has 0 saturated carbocycles. The smallest absolute Gasteiger partial charge is 0.125 e. The van der Waals surface area contributed by atoms with Gasteiger partial charge in [-0.15, -0.1) is 0 Å². The number of para-hydroxylation sites is 1. The fourth-order valence-electron chi connectivity index (χ4n) is 2.77. The van der Waals surface area contributed by atoms with Crippen LogP contribution in [0, 0.1) is 11.3 Å². The van der Waals surface area contributed by atoms with Crippen LogP contribution in [0.3, 0.4) is 0 Å². The monoisotopic (exact) mass is 278 g/mol. The molecule has 3 heteroatoms. The van der Waals surface area contributed by atoms with Crippen molar-refractivity contribution in [2.75, 3.05) is 5.32 Å². The number of fused-ring (bicyclic) bond motifs is 1. The topological polar surface area (TPSA) is 45.0 Å². The van der Waals surface area contributed by atoms with Crippen LogP contribution in [0.15, 0.2) is 48.5 Å². The Morgan fingerprint density at radius 3 is 2.57 bits per heavy atom. The molecule has 3 nitrogen and oxygen atoms in total. The van der Waals surface area contributed by atoms with E-state index in [-0.39, 0.29) is 11.6 Å². The van der Waals surface area contributed by atoms with Gasteiger partial charge in [0.25, 0.3) is 0 Å². The third-order valence-electron chi connectivity index (χ3n) is 3.73. The van der Waals surface area contributed by atoms with Gasteiger partial charge in [-0.25, -0.2) is 0 Å². The number of hydrogen-bond donors (Lipinski definition) is 1. The van der Waals surface area contributed by atoms with Gasteiger partial charge in [0.15, 0.2) is 0 Å². The summed E-state index contributed by atoms with van der Waals surface area (Å²) in [4.78, 5) is 0. The minimum atomic E-state index is -0.196. The summed E-state index contributed by atoms with van der Waals surface area (Å²) in [5.74, 6) is 0.944. The summed E-state index contributed by atoms with van der Waals surface area (Å²) in [5.41, 5.74) is 2.68. The van der Waals surface area contributed by atoms with Crippen LogP contribution >= 0.6 is 0 Å². The molecule has 2 aromatic rings. The maximum atomic E-state index is 8.86. The highest BCUT2D eigenvalue weighted by molar-refractivity contribution is 5.51. The molecule has 21 heavy (non-hydrogen) atoms. The standard InChI is InChI=1S/C18H18N2O/c1-18(2)11-16(15-5-3-4-6-17(15)21-18)20-14-9-7-13(12-19)8-10-14/h3-10,16,20H,11H2,1-2H3. The quantitative estimate of drug-likeness (QED) is 0.892. The summed E-state index contributed by atoms with van der Waals surface area (Å²) < 4.78 is 6.04. The summed E-state index contributed by atoms with van der Waals surface area (Å²) in [5, 5.41) is 12.4. The van der Waals surface area contributed by atoms with Gasteiger partial charge in [0, 0.05) is 17.7 Å². The van der Waals surface area contributed by atoms with E-state index in [9.17, 15) is 0 Å². The Labute approximate surface area is 125 Å². The van der Waals surface area contributed by atoms with Crippen molar-refractivity contribution in [1.29, 1.82) is 5.26 Å². The molecule has 0 saturated heterocycles. The van der Waals surface area contributed by atoms with Gasteiger partial charge < -0.3 is 10.1 Å². The predicted molar refractivity (Wildman–Crippen MR) is 83.3 cm³/mol. The Morgan fingerprint density at radius 1 is 1.14 bits per heavy atom. The van der Waals surface area contributed by atoms with Crippen LogP contribution in [0.5, 0.6) is 5.75 Å². The SMILES string of the molecule is CC1(C)CC(Nc2ccc(C#N)cc2)c2ccccc2O1. The fraction of sp³-hybridized carbons (Fsp3) is 0.278. The number of hydrogen-bond acceptors (Lipinski definition) is 3. The molecule has 0 radical (unpaired) electrons. The first-order valence-corrected chi connectivity index (χ1v) is 7.12. The van der Waals surface area contributed by atoms with E-state index in [4.69, 9.17) is 10.00 Å². The van der Waals surface area contributed by atoms with Crippen LogP contribution < -0.4 is 10.1 Å². The lowest BCUT2D eigenvalue weighted by molar-refractivity contribution is 0.0759. The number of rotatable bonds is 2. The van der Waals surface area contributed by atoms with Crippen molar-refractivity contribution >= 4 is 5.69 Å². The van der Waals surface area contributed by atoms with Gasteiger partial charge in [-0.3, -0.25) is 0 Å². The van der Waals surface area contributed by atoms with E-state index in [1.165, 1.54) is 5.56 Å². The molecule has 1 N–H and O–H groups in total. The predicted octanol–water partition coefficient (Wildman–Crippen LogP) is 4.27. The summed E-state index contributed by atoms with van der Waals surface area (Å²) in [6.07, 6.45) is 0.893. The molecule has 1 atom stereocenters. The third kappa shape index (κ3) is 2.85. The second-order valence-electron chi connectivity index (χ2n) is 5.99. The molecule has 3 rings (SSSR count). The number of nitrogens with zero attached hydrogens (tertiary/aromatic N) is 1. The highest BCUT2D eigenvalue weighted by Gasteiger charge is 2.33. The van der Waals surface area contributed by atoms with Gasteiger partial charge in [-0.2, -0.15) is 5.26 Å². The first-order valence-electron chi connectivity index (χ1n) is 7.12. The van der Waals surface area contributed by atoms with Gasteiger partial charge in [-0.05, 0) is 44.2 Å². The molecule has 1 aliphatic rings. The van der Waals surface area contributed by atoms with Crippen LogP contribution in [0.25, 0.3) is 0 Å². The molecular formula is C18H18N2O. The molecule has 1 unspecified atom stereocenters. The van der Waals surface area contributed by atoms with Crippen molar-refractivity contribution < 1.29 is 4.74 Å². The van der Waals surface area contributed by atoms with E-state index >= 15 is 0 Å². The summed E-state index contributed by atoms with van der Waals surface area (Å²) in [6.45, 7) is 4.22. The summed E-state index contributed by atoms with van der Waals surface area (Å²) >= 11 is 0. The van der Waals surface area contributed by atoms with Crippen molar-refractivity contribution in [1.82, 2.24) is 0 Å². The Hall–Kier alpha value is -2.47. The van der Waals surface area contributed by atoms with Crippen LogP contribution in [-0.4, -0.2) is 5.60 Å². The second kappa shape index (κ2) is 5.14. The van der Waals surface area contributed by atoms with Gasteiger partial charge in [0.2, 0.25) is 0 Å². The number of anilines is 1. The molecule has 2 aromatic carbocycles. The molecular weight excluding hydrogens is 260 g/mol. The fourth-order valence-corrected chi connectivity index (χ4v) is 2.77. The second-order valence-corrected chi connectivity index (χ2v) is 5.99. The molecule has 0 bridgehead atoms. The Balaban J connectivity index is 1.89. The van der Waals surface area contributed by atoms with Crippen molar-refractivity contribution in [2.24, 2.45) is 0 Å². The minimum absolute atomic E-state index is 0.196. The average Bonchev–Trinajstić information content (AvgIpc) is 2.47. The van der Waals surface area contributed by atoms with Crippen LogP contribution in [0.4, 0.5) is 5.69 Å². The van der Waals surface area contributed by atoms with Gasteiger partial charge in [-0.1, -0.05) is 18.2 Å². The summed E-state index contributed by atoms with van der Waals surface area (Å²) in [7, 11) is 0. The van der Waals surface area contributed by atoms with E-state index in [0.29, 0.717) is 5.56 Å². The first-order chi connectivity index (χ1) is 10.1. The molecule has 0 aromatic heterocycles. The average molecular weight is 278 g/mol. The molecule has 0 spiro atoms. The van der Waals surface area contributed by atoms with E-state index in [0.717, 1.165) is 17.9 Å². The normalized spacial score (nSPS) is 19.0. The zero-order valence-electron chi connectivity index (χ0n) is 12.3. The zero-order valence-corrected chi connectivity index (χ0v) is 12.3. The molecule has 1 heterocycles. The Kier molecular flexibility index (Phi) is 3.31. The lowest BCUT2D eigenvalue weighted by Gasteiger charge is -2.38. The molecule has 0 amide bonds. The lowest BCUT2D eigenvalue weighted by atomic mass is 9.89. The first kappa shape index (κ1) is 13.5. The largest absolute Gasteiger partial charge is 0.487 e. The highest BCUT2D eigenvalue weighted by atomic mass is 16.5. The van der Waals surface area contributed by atoms with Crippen LogP contribution in [0.1, 0.15) is 37.4 Å². The Bertz CT molecular complexity index is 683. The number of nitrogens with one attached hydrogen (secondary N) is 1. The van der Waals surface area contributed by atoms with Gasteiger partial charge >= 0.3 is 0 Å². The molecule has 0 aliphatic carbocycles. The van der Waals surface area contributed by atoms with Crippen molar-refractivity contribution in [3.8, 4) is 11.8 Å².